The van der Waals surface area contributed by atoms with E-state index in [0.717, 1.165) is 36.5 Å². The second-order valence-electron chi connectivity index (χ2n) is 6.38. The van der Waals surface area contributed by atoms with E-state index >= 15 is 0 Å². The summed E-state index contributed by atoms with van der Waals surface area (Å²) in [5, 5.41) is 6.66. The molecule has 1 fully saturated rings. The van der Waals surface area contributed by atoms with Crippen LogP contribution in [0.3, 0.4) is 0 Å². The van der Waals surface area contributed by atoms with Crippen LogP contribution >= 0.6 is 15.9 Å². The van der Waals surface area contributed by atoms with Crippen molar-refractivity contribution in [2.45, 2.75) is 39.2 Å². The molecule has 2 rings (SSSR count). The minimum Gasteiger partial charge on any atom is -0.385 e. The van der Waals surface area contributed by atoms with Gasteiger partial charge < -0.3 is 15.4 Å². The van der Waals surface area contributed by atoms with Crippen molar-refractivity contribution in [1.82, 2.24) is 10.6 Å². The molecule has 0 aliphatic heterocycles. The van der Waals surface area contributed by atoms with Crippen LogP contribution in [0.4, 0.5) is 4.39 Å². The van der Waals surface area contributed by atoms with E-state index in [1.807, 2.05) is 6.92 Å². The zero-order chi connectivity index (χ0) is 17.4. The fourth-order valence-corrected chi connectivity index (χ4v) is 3.36. The quantitative estimate of drug-likeness (QED) is 0.515. The zero-order valence-electron chi connectivity index (χ0n) is 14.5. The SMILES string of the molecule is CCNC(=NCc1cc(Br)ccc1F)NCC1(CCOC)CCC1. The van der Waals surface area contributed by atoms with Gasteiger partial charge in [-0.25, -0.2) is 9.38 Å². The number of nitrogens with one attached hydrogen (secondary N) is 2. The number of benzene rings is 1. The van der Waals surface area contributed by atoms with E-state index < -0.39 is 0 Å². The fraction of sp³-hybridized carbons (Fsp3) is 0.611. The highest BCUT2D eigenvalue weighted by Crippen LogP contribution is 2.43. The molecule has 0 saturated heterocycles. The smallest absolute Gasteiger partial charge is 0.191 e. The van der Waals surface area contributed by atoms with Gasteiger partial charge in [0.05, 0.1) is 6.54 Å². The molecule has 1 aromatic carbocycles. The van der Waals surface area contributed by atoms with Gasteiger partial charge in [0.1, 0.15) is 5.82 Å². The molecule has 0 unspecified atom stereocenters. The summed E-state index contributed by atoms with van der Waals surface area (Å²) in [4.78, 5) is 4.53. The first kappa shape index (κ1) is 19.2. The molecule has 6 heteroatoms. The van der Waals surface area contributed by atoms with Crippen LogP contribution in [-0.4, -0.2) is 32.8 Å². The average molecular weight is 400 g/mol. The Balaban J connectivity index is 1.96. The van der Waals surface area contributed by atoms with Crippen LogP contribution in [0.5, 0.6) is 0 Å². The monoisotopic (exact) mass is 399 g/mol. The standard InChI is InChI=1S/C18H27BrFN3O/c1-3-21-17(22-12-14-11-15(19)5-6-16(14)20)23-13-18(7-4-8-18)9-10-24-2/h5-6,11H,3-4,7-10,12-13H2,1-2H3,(H2,21,22,23). The maximum absolute atomic E-state index is 13.8. The lowest BCUT2D eigenvalue weighted by Gasteiger charge is -2.42. The third-order valence-electron chi connectivity index (χ3n) is 4.64. The molecule has 1 saturated carbocycles. The Hall–Kier alpha value is -1.14. The molecule has 2 N–H and O–H groups in total. The number of hydrogen-bond donors (Lipinski definition) is 2. The highest BCUT2D eigenvalue weighted by atomic mass is 79.9. The van der Waals surface area contributed by atoms with Gasteiger partial charge in [-0.3, -0.25) is 0 Å². The Morgan fingerprint density at radius 2 is 2.17 bits per heavy atom. The van der Waals surface area contributed by atoms with Gasteiger partial charge in [0.25, 0.3) is 0 Å². The maximum Gasteiger partial charge on any atom is 0.191 e. The van der Waals surface area contributed by atoms with Crippen molar-refractivity contribution in [3.05, 3.63) is 34.1 Å². The topological polar surface area (TPSA) is 45.7 Å². The van der Waals surface area contributed by atoms with E-state index in [9.17, 15) is 4.39 Å². The largest absolute Gasteiger partial charge is 0.385 e. The summed E-state index contributed by atoms with van der Waals surface area (Å²) in [6.07, 6.45) is 4.80. The van der Waals surface area contributed by atoms with Crippen LogP contribution in [0.2, 0.25) is 0 Å². The molecule has 0 aromatic heterocycles. The van der Waals surface area contributed by atoms with Crippen molar-refractivity contribution in [2.75, 3.05) is 26.8 Å². The van der Waals surface area contributed by atoms with Crippen LogP contribution in [0, 0.1) is 11.2 Å². The van der Waals surface area contributed by atoms with Gasteiger partial charge in [0.15, 0.2) is 5.96 Å². The van der Waals surface area contributed by atoms with Gasteiger partial charge in [0, 0.05) is 36.8 Å². The van der Waals surface area contributed by atoms with Crippen molar-refractivity contribution >= 4 is 21.9 Å². The van der Waals surface area contributed by atoms with Crippen molar-refractivity contribution in [3.8, 4) is 0 Å². The predicted molar refractivity (Wildman–Crippen MR) is 99.7 cm³/mol. The number of rotatable bonds is 8. The molecule has 4 nitrogen and oxygen atoms in total. The first-order chi connectivity index (χ1) is 11.6. The number of hydrogen-bond acceptors (Lipinski definition) is 2. The fourth-order valence-electron chi connectivity index (χ4n) is 2.95. The predicted octanol–water partition coefficient (Wildman–Crippen LogP) is 3.85. The van der Waals surface area contributed by atoms with Crippen molar-refractivity contribution in [3.63, 3.8) is 0 Å². The molecular weight excluding hydrogens is 373 g/mol. The van der Waals surface area contributed by atoms with E-state index in [4.69, 9.17) is 4.74 Å². The summed E-state index contributed by atoms with van der Waals surface area (Å²) in [6, 6.07) is 4.93. The summed E-state index contributed by atoms with van der Waals surface area (Å²) < 4.78 is 19.9. The number of aliphatic imine (C=N–C) groups is 1. The van der Waals surface area contributed by atoms with Crippen LogP contribution < -0.4 is 10.6 Å². The summed E-state index contributed by atoms with van der Waals surface area (Å²) in [7, 11) is 1.75. The molecule has 1 aromatic rings. The molecule has 1 aliphatic carbocycles. The molecule has 24 heavy (non-hydrogen) atoms. The average Bonchev–Trinajstić information content (AvgIpc) is 2.54. The maximum atomic E-state index is 13.8. The van der Waals surface area contributed by atoms with Gasteiger partial charge in [-0.2, -0.15) is 0 Å². The molecule has 0 radical (unpaired) electrons. The summed E-state index contributed by atoms with van der Waals surface area (Å²) >= 11 is 3.37. The van der Waals surface area contributed by atoms with Crippen molar-refractivity contribution < 1.29 is 9.13 Å². The van der Waals surface area contributed by atoms with E-state index in [1.54, 1.807) is 19.2 Å². The summed E-state index contributed by atoms with van der Waals surface area (Å²) in [6.45, 7) is 4.78. The normalized spacial score (nSPS) is 16.6. The minimum atomic E-state index is -0.228. The molecule has 134 valence electrons. The van der Waals surface area contributed by atoms with Gasteiger partial charge in [-0.05, 0) is 49.8 Å². The van der Waals surface area contributed by atoms with Gasteiger partial charge in [-0.15, -0.1) is 0 Å². The third kappa shape index (κ3) is 5.45. The van der Waals surface area contributed by atoms with Crippen molar-refractivity contribution in [2.24, 2.45) is 10.4 Å². The Labute approximate surface area is 152 Å². The van der Waals surface area contributed by atoms with Gasteiger partial charge in [-0.1, -0.05) is 22.4 Å². The number of nitrogens with zero attached hydrogens (tertiary/aromatic N) is 1. The third-order valence-corrected chi connectivity index (χ3v) is 5.13. The Bertz CT molecular complexity index is 561. The summed E-state index contributed by atoms with van der Waals surface area (Å²) in [5.74, 6) is 0.508. The Kier molecular flexibility index (Phi) is 7.49. The van der Waals surface area contributed by atoms with Gasteiger partial charge >= 0.3 is 0 Å². The zero-order valence-corrected chi connectivity index (χ0v) is 16.1. The van der Waals surface area contributed by atoms with E-state index in [2.05, 4.69) is 31.6 Å². The second kappa shape index (κ2) is 9.37. The van der Waals surface area contributed by atoms with Crippen LogP contribution in [0.1, 0.15) is 38.2 Å². The van der Waals surface area contributed by atoms with Crippen LogP contribution in [0.25, 0.3) is 0 Å². The van der Waals surface area contributed by atoms with Crippen LogP contribution in [0.15, 0.2) is 27.7 Å². The first-order valence-electron chi connectivity index (χ1n) is 8.53. The highest BCUT2D eigenvalue weighted by molar-refractivity contribution is 9.10. The molecule has 0 atom stereocenters. The minimum absolute atomic E-state index is 0.228. The molecule has 0 heterocycles. The molecule has 0 spiro atoms. The lowest BCUT2D eigenvalue weighted by atomic mass is 9.67. The Morgan fingerprint density at radius 1 is 1.38 bits per heavy atom. The highest BCUT2D eigenvalue weighted by Gasteiger charge is 2.36. The lowest BCUT2D eigenvalue weighted by molar-refractivity contribution is 0.0732. The Morgan fingerprint density at radius 3 is 2.79 bits per heavy atom. The van der Waals surface area contributed by atoms with E-state index in [0.29, 0.717) is 17.5 Å². The molecule has 0 amide bonds. The molecular formula is C18H27BrFN3O. The van der Waals surface area contributed by atoms with Crippen molar-refractivity contribution in [1.29, 1.82) is 0 Å². The first-order valence-corrected chi connectivity index (χ1v) is 9.33. The van der Waals surface area contributed by atoms with E-state index in [1.165, 1.54) is 25.3 Å². The number of methoxy groups -OCH3 is 1. The molecule has 0 bridgehead atoms. The number of halogens is 2. The van der Waals surface area contributed by atoms with Gasteiger partial charge in [0.2, 0.25) is 0 Å². The molecule has 1 aliphatic rings. The van der Waals surface area contributed by atoms with Crippen LogP contribution in [-0.2, 0) is 11.3 Å². The second-order valence-corrected chi connectivity index (χ2v) is 7.30. The number of guanidine groups is 1. The lowest BCUT2D eigenvalue weighted by Crippen LogP contribution is -2.47. The number of ether oxygens (including phenoxy) is 1. The summed E-state index contributed by atoms with van der Waals surface area (Å²) in [5.41, 5.74) is 0.895. The van der Waals surface area contributed by atoms with E-state index in [-0.39, 0.29) is 5.82 Å².